The van der Waals surface area contributed by atoms with Crippen LogP contribution in [-0.4, -0.2) is 35.1 Å². The first-order valence-corrected chi connectivity index (χ1v) is 7.44. The number of aromatic amines is 1. The molecule has 0 aliphatic carbocycles. The van der Waals surface area contributed by atoms with Gasteiger partial charge in [0.05, 0.1) is 11.0 Å². The Bertz CT molecular complexity index is 710. The lowest BCUT2D eigenvalue weighted by molar-refractivity contribution is 0.0956. The van der Waals surface area contributed by atoms with Crippen LogP contribution in [0.4, 0.5) is 0 Å². The molecular formula is C15H20N4O2. The maximum Gasteiger partial charge on any atom is 0.326 e. The molecule has 2 aromatic rings. The summed E-state index contributed by atoms with van der Waals surface area (Å²) in [6.45, 7) is 4.33. The Hall–Kier alpha value is -2.08. The number of rotatable bonds is 3. The summed E-state index contributed by atoms with van der Waals surface area (Å²) in [6, 6.07) is 5.61. The molecule has 112 valence electrons. The predicted molar refractivity (Wildman–Crippen MR) is 81.7 cm³/mol. The van der Waals surface area contributed by atoms with E-state index in [0.29, 0.717) is 12.1 Å². The average molecular weight is 288 g/mol. The van der Waals surface area contributed by atoms with Gasteiger partial charge in [-0.2, -0.15) is 0 Å². The van der Waals surface area contributed by atoms with Gasteiger partial charge in [-0.1, -0.05) is 0 Å². The Kier molecular flexibility index (Phi) is 3.79. The quantitative estimate of drug-likeness (QED) is 0.788. The third kappa shape index (κ3) is 2.58. The molecule has 0 unspecified atom stereocenters. The molecule has 1 fully saturated rings. The highest BCUT2D eigenvalue weighted by atomic mass is 16.2. The smallest absolute Gasteiger partial charge is 0.326 e. The van der Waals surface area contributed by atoms with Gasteiger partial charge in [0.15, 0.2) is 0 Å². The van der Waals surface area contributed by atoms with Crippen LogP contribution in [0.15, 0.2) is 23.0 Å². The number of hydrogen-bond donors (Lipinski definition) is 3. The maximum absolute atomic E-state index is 12.2. The summed E-state index contributed by atoms with van der Waals surface area (Å²) in [7, 11) is 0. The molecule has 0 spiro atoms. The minimum Gasteiger partial charge on any atom is -0.352 e. The van der Waals surface area contributed by atoms with Crippen LogP contribution < -0.4 is 16.3 Å². The zero-order valence-corrected chi connectivity index (χ0v) is 12.1. The van der Waals surface area contributed by atoms with Crippen LogP contribution in [0.2, 0.25) is 0 Å². The molecule has 1 aromatic heterocycles. The molecule has 6 heteroatoms. The van der Waals surface area contributed by atoms with E-state index < -0.39 is 0 Å². The highest BCUT2D eigenvalue weighted by molar-refractivity contribution is 5.97. The summed E-state index contributed by atoms with van der Waals surface area (Å²) in [5, 5.41) is 6.07. The molecule has 0 atom stereocenters. The molecule has 3 N–H and O–H groups in total. The van der Waals surface area contributed by atoms with Crippen molar-refractivity contribution >= 4 is 16.9 Å². The Labute approximate surface area is 122 Å². The van der Waals surface area contributed by atoms with Gasteiger partial charge in [0.1, 0.15) is 0 Å². The number of amides is 1. The molecule has 1 saturated heterocycles. The highest BCUT2D eigenvalue weighted by Gasteiger charge is 2.20. The number of carbonyl (C=O) groups is 1. The Morgan fingerprint density at radius 2 is 2.14 bits per heavy atom. The number of nitrogens with one attached hydrogen (secondary N) is 3. The molecule has 1 aliphatic rings. The van der Waals surface area contributed by atoms with E-state index in [4.69, 9.17) is 0 Å². The van der Waals surface area contributed by atoms with Crippen molar-refractivity contribution in [1.82, 2.24) is 20.2 Å². The van der Waals surface area contributed by atoms with E-state index in [0.717, 1.165) is 37.0 Å². The lowest BCUT2D eigenvalue weighted by Gasteiger charge is -2.23. The fourth-order valence-corrected chi connectivity index (χ4v) is 2.96. The third-order valence-electron chi connectivity index (χ3n) is 3.99. The summed E-state index contributed by atoms with van der Waals surface area (Å²) in [5.74, 6) is -0.116. The monoisotopic (exact) mass is 288 g/mol. The molecule has 3 rings (SSSR count). The van der Waals surface area contributed by atoms with Crippen molar-refractivity contribution in [1.29, 1.82) is 0 Å². The SMILES string of the molecule is CCNC(=O)c1ccc2c(c1)[nH]c(=O)n2C1CCNCC1. The van der Waals surface area contributed by atoms with Crippen molar-refractivity contribution in [3.63, 3.8) is 0 Å². The lowest BCUT2D eigenvalue weighted by atomic mass is 10.1. The van der Waals surface area contributed by atoms with E-state index in [9.17, 15) is 9.59 Å². The van der Waals surface area contributed by atoms with Crippen LogP contribution in [0.3, 0.4) is 0 Å². The van der Waals surface area contributed by atoms with Gasteiger partial charge in [0, 0.05) is 18.2 Å². The van der Waals surface area contributed by atoms with Crippen molar-refractivity contribution in [2.75, 3.05) is 19.6 Å². The van der Waals surface area contributed by atoms with E-state index in [2.05, 4.69) is 15.6 Å². The molecule has 6 nitrogen and oxygen atoms in total. The number of aromatic nitrogens is 2. The molecule has 1 aliphatic heterocycles. The largest absolute Gasteiger partial charge is 0.352 e. The molecule has 1 amide bonds. The summed E-state index contributed by atoms with van der Waals surface area (Å²) in [6.07, 6.45) is 1.90. The van der Waals surface area contributed by atoms with Gasteiger partial charge in [0.25, 0.3) is 5.91 Å². The Morgan fingerprint density at radius 1 is 1.38 bits per heavy atom. The minimum atomic E-state index is -0.116. The minimum absolute atomic E-state index is 0.0926. The molecule has 21 heavy (non-hydrogen) atoms. The zero-order valence-electron chi connectivity index (χ0n) is 12.1. The fraction of sp³-hybridized carbons (Fsp3) is 0.467. The van der Waals surface area contributed by atoms with Gasteiger partial charge >= 0.3 is 5.69 Å². The van der Waals surface area contributed by atoms with Gasteiger partial charge in [0.2, 0.25) is 0 Å². The summed E-state index contributed by atoms with van der Waals surface area (Å²) in [4.78, 5) is 27.0. The number of hydrogen-bond acceptors (Lipinski definition) is 3. The summed E-state index contributed by atoms with van der Waals surface area (Å²) in [5.41, 5.74) is 2.08. The van der Waals surface area contributed by atoms with E-state index in [1.54, 1.807) is 12.1 Å². The highest BCUT2D eigenvalue weighted by Crippen LogP contribution is 2.22. The van der Waals surface area contributed by atoms with Crippen molar-refractivity contribution < 1.29 is 4.79 Å². The average Bonchev–Trinajstić information content (AvgIpc) is 2.83. The topological polar surface area (TPSA) is 78.9 Å². The van der Waals surface area contributed by atoms with Gasteiger partial charge in [-0.3, -0.25) is 9.36 Å². The Balaban J connectivity index is 2.01. The summed E-state index contributed by atoms with van der Waals surface area (Å²) >= 11 is 0. The van der Waals surface area contributed by atoms with E-state index in [1.807, 2.05) is 17.6 Å². The second-order valence-electron chi connectivity index (χ2n) is 5.37. The van der Waals surface area contributed by atoms with Gasteiger partial charge < -0.3 is 15.6 Å². The van der Waals surface area contributed by atoms with Gasteiger partial charge in [-0.05, 0) is 51.1 Å². The first-order chi connectivity index (χ1) is 10.2. The number of nitrogens with zero attached hydrogens (tertiary/aromatic N) is 1. The molecule has 0 saturated carbocycles. The molecule has 1 aromatic carbocycles. The number of H-pyrrole nitrogens is 1. The normalized spacial score (nSPS) is 16.2. The molecule has 0 radical (unpaired) electrons. The molecule has 0 bridgehead atoms. The van der Waals surface area contributed by atoms with Crippen LogP contribution in [0.5, 0.6) is 0 Å². The van der Waals surface area contributed by atoms with Crippen molar-refractivity contribution in [3.8, 4) is 0 Å². The predicted octanol–water partition coefficient (Wildman–Crippen LogP) is 1.00. The molecule has 2 heterocycles. The van der Waals surface area contributed by atoms with Crippen LogP contribution in [0.25, 0.3) is 11.0 Å². The van der Waals surface area contributed by atoms with Crippen molar-refractivity contribution in [2.45, 2.75) is 25.8 Å². The first kappa shape index (κ1) is 13.9. The first-order valence-electron chi connectivity index (χ1n) is 7.44. The van der Waals surface area contributed by atoms with Gasteiger partial charge in [-0.15, -0.1) is 0 Å². The van der Waals surface area contributed by atoms with Crippen LogP contribution in [0, 0.1) is 0 Å². The van der Waals surface area contributed by atoms with Gasteiger partial charge in [-0.25, -0.2) is 4.79 Å². The van der Waals surface area contributed by atoms with E-state index >= 15 is 0 Å². The zero-order chi connectivity index (χ0) is 14.8. The van der Waals surface area contributed by atoms with Crippen LogP contribution >= 0.6 is 0 Å². The lowest BCUT2D eigenvalue weighted by Crippen LogP contribution is -2.33. The number of benzene rings is 1. The number of carbonyl (C=O) groups excluding carboxylic acids is 1. The third-order valence-corrected chi connectivity index (χ3v) is 3.99. The summed E-state index contributed by atoms with van der Waals surface area (Å²) < 4.78 is 1.83. The standard InChI is InChI=1S/C15H20N4O2/c1-2-17-14(20)10-3-4-13-12(9-10)18-15(21)19(13)11-5-7-16-8-6-11/h3-4,9,11,16H,2,5-8H2,1H3,(H,17,20)(H,18,21). The second-order valence-corrected chi connectivity index (χ2v) is 5.37. The number of imidazole rings is 1. The Morgan fingerprint density at radius 3 is 2.86 bits per heavy atom. The van der Waals surface area contributed by atoms with Crippen molar-refractivity contribution in [2.24, 2.45) is 0 Å². The maximum atomic E-state index is 12.2. The van der Waals surface area contributed by atoms with E-state index in [1.165, 1.54) is 0 Å². The number of piperidine rings is 1. The van der Waals surface area contributed by atoms with Crippen molar-refractivity contribution in [3.05, 3.63) is 34.2 Å². The number of fused-ring (bicyclic) bond motifs is 1. The molecular weight excluding hydrogens is 268 g/mol. The fourth-order valence-electron chi connectivity index (χ4n) is 2.96. The van der Waals surface area contributed by atoms with E-state index in [-0.39, 0.29) is 17.6 Å². The van der Waals surface area contributed by atoms with Crippen LogP contribution in [-0.2, 0) is 0 Å². The van der Waals surface area contributed by atoms with Crippen LogP contribution in [0.1, 0.15) is 36.2 Å². The second kappa shape index (κ2) is 5.73.